The highest BCUT2D eigenvalue weighted by Crippen LogP contribution is 2.41. The largest absolute Gasteiger partial charge is 0.481 e. The zero-order valence-electron chi connectivity index (χ0n) is 10.2. The number of carboxylic acids is 1. The molecule has 88 valence electrons. The second kappa shape index (κ2) is 5.07. The van der Waals surface area contributed by atoms with Gasteiger partial charge in [0.15, 0.2) is 8.46 Å². The van der Waals surface area contributed by atoms with Crippen molar-refractivity contribution in [2.45, 2.75) is 53.1 Å². The van der Waals surface area contributed by atoms with Gasteiger partial charge in [-0.3, -0.25) is 9.36 Å². The molecule has 0 aromatic carbocycles. The summed E-state index contributed by atoms with van der Waals surface area (Å²) in [6.45, 7) is 10.3. The maximum Gasteiger partial charge on any atom is 0.304 e. The first-order chi connectivity index (χ1) is 6.58. The van der Waals surface area contributed by atoms with Gasteiger partial charge in [-0.05, 0) is 17.3 Å². The molecule has 0 fully saturated rings. The van der Waals surface area contributed by atoms with Crippen LogP contribution in [0.15, 0.2) is 0 Å². The lowest BCUT2D eigenvalue weighted by atomic mass is 9.73. The molecular formula is C11H21O3P. The molecule has 0 aromatic heterocycles. The first kappa shape index (κ1) is 14.6. The Morgan fingerprint density at radius 3 is 2.00 bits per heavy atom. The van der Waals surface area contributed by atoms with Crippen molar-refractivity contribution in [1.82, 2.24) is 0 Å². The van der Waals surface area contributed by atoms with E-state index in [4.69, 9.17) is 5.11 Å². The third-order valence-electron chi connectivity index (χ3n) is 2.38. The quantitative estimate of drug-likeness (QED) is 0.737. The number of hydrogen-bond donors (Lipinski definition) is 1. The zero-order chi connectivity index (χ0) is 12.3. The highest BCUT2D eigenvalue weighted by atomic mass is 31.1. The van der Waals surface area contributed by atoms with Crippen LogP contribution in [0.4, 0.5) is 0 Å². The van der Waals surface area contributed by atoms with Gasteiger partial charge in [-0.1, -0.05) is 34.6 Å². The Labute approximate surface area is 93.5 Å². The molecule has 0 radical (unpaired) electrons. The van der Waals surface area contributed by atoms with Crippen LogP contribution in [-0.4, -0.2) is 16.7 Å². The van der Waals surface area contributed by atoms with Crippen LogP contribution in [0.3, 0.4) is 0 Å². The average molecular weight is 232 g/mol. The van der Waals surface area contributed by atoms with Crippen LogP contribution in [0.5, 0.6) is 0 Å². The molecule has 0 saturated heterocycles. The van der Waals surface area contributed by atoms with Crippen molar-refractivity contribution >= 4 is 14.4 Å². The predicted molar refractivity (Wildman–Crippen MR) is 61.5 cm³/mol. The molecule has 15 heavy (non-hydrogen) atoms. The lowest BCUT2D eigenvalue weighted by Crippen LogP contribution is -2.31. The standard InChI is InChI=1S/C11H21O3P/c1-10(2,3)7-11(4,5)8(15-14)6-9(12)13/h8H,6-7H2,1-5H3,(H,12,13). The van der Waals surface area contributed by atoms with Gasteiger partial charge in [0.2, 0.25) is 0 Å². The second-order valence-corrected chi connectivity index (χ2v) is 6.78. The predicted octanol–water partition coefficient (Wildman–Crippen LogP) is 3.58. The van der Waals surface area contributed by atoms with Gasteiger partial charge in [-0.2, -0.15) is 0 Å². The van der Waals surface area contributed by atoms with Crippen molar-refractivity contribution in [3.63, 3.8) is 0 Å². The van der Waals surface area contributed by atoms with Crippen molar-refractivity contribution in [3.8, 4) is 0 Å². The van der Waals surface area contributed by atoms with E-state index in [2.05, 4.69) is 20.8 Å². The Bertz CT molecular complexity index is 241. The third-order valence-corrected chi connectivity index (χ3v) is 3.52. The summed E-state index contributed by atoms with van der Waals surface area (Å²) in [4.78, 5) is 10.6. The summed E-state index contributed by atoms with van der Waals surface area (Å²) in [6, 6.07) is 0. The number of carbonyl (C=O) groups is 1. The van der Waals surface area contributed by atoms with E-state index in [9.17, 15) is 9.36 Å². The fourth-order valence-electron chi connectivity index (χ4n) is 2.11. The minimum atomic E-state index is -0.884. The van der Waals surface area contributed by atoms with Gasteiger partial charge in [0.1, 0.15) is 0 Å². The van der Waals surface area contributed by atoms with Crippen molar-refractivity contribution in [1.29, 1.82) is 0 Å². The van der Waals surface area contributed by atoms with Crippen molar-refractivity contribution in [2.75, 3.05) is 0 Å². The van der Waals surface area contributed by atoms with Gasteiger partial charge in [-0.25, -0.2) is 0 Å². The van der Waals surface area contributed by atoms with Crippen molar-refractivity contribution < 1.29 is 14.5 Å². The average Bonchev–Trinajstić information content (AvgIpc) is 1.94. The van der Waals surface area contributed by atoms with Crippen LogP contribution in [0.1, 0.15) is 47.5 Å². The fraction of sp³-hybridized carbons (Fsp3) is 0.909. The molecule has 0 saturated carbocycles. The van der Waals surface area contributed by atoms with E-state index < -0.39 is 5.97 Å². The van der Waals surface area contributed by atoms with Gasteiger partial charge < -0.3 is 5.11 Å². The Morgan fingerprint density at radius 1 is 1.27 bits per heavy atom. The number of carboxylic acid groups (broad SMARTS) is 1. The topological polar surface area (TPSA) is 54.4 Å². The van der Waals surface area contributed by atoms with Crippen LogP contribution in [0.2, 0.25) is 0 Å². The van der Waals surface area contributed by atoms with Crippen LogP contribution in [0, 0.1) is 10.8 Å². The summed E-state index contributed by atoms with van der Waals surface area (Å²) in [5.74, 6) is -0.884. The first-order valence-corrected chi connectivity index (χ1v) is 6.01. The van der Waals surface area contributed by atoms with Crippen molar-refractivity contribution in [2.24, 2.45) is 10.8 Å². The molecule has 1 N–H and O–H groups in total. The molecule has 0 bridgehead atoms. The summed E-state index contributed by atoms with van der Waals surface area (Å²) in [5, 5.41) is 8.73. The molecule has 0 rings (SSSR count). The molecule has 0 aliphatic rings. The van der Waals surface area contributed by atoms with Gasteiger partial charge in [0, 0.05) is 0 Å². The highest BCUT2D eigenvalue weighted by Gasteiger charge is 2.35. The zero-order valence-corrected chi connectivity index (χ0v) is 11.1. The molecule has 1 atom stereocenters. The molecule has 4 heteroatoms. The van der Waals surface area contributed by atoms with Gasteiger partial charge in [0.05, 0.1) is 12.1 Å². The number of hydrogen-bond acceptors (Lipinski definition) is 2. The molecule has 0 aliphatic carbocycles. The lowest BCUT2D eigenvalue weighted by Gasteiger charge is -2.35. The van der Waals surface area contributed by atoms with Crippen LogP contribution in [-0.2, 0) is 9.36 Å². The van der Waals surface area contributed by atoms with E-state index >= 15 is 0 Å². The summed E-state index contributed by atoms with van der Waals surface area (Å²) in [7, 11) is -0.0684. The minimum absolute atomic E-state index is 0.0336. The van der Waals surface area contributed by atoms with E-state index in [0.717, 1.165) is 6.42 Å². The molecule has 0 aliphatic heterocycles. The van der Waals surface area contributed by atoms with Crippen LogP contribution >= 0.6 is 8.46 Å². The van der Waals surface area contributed by atoms with E-state index in [1.165, 1.54) is 0 Å². The Hall–Kier alpha value is -0.430. The normalized spacial score (nSPS) is 15.3. The second-order valence-electron chi connectivity index (χ2n) is 5.95. The molecular weight excluding hydrogens is 211 g/mol. The van der Waals surface area contributed by atoms with Crippen LogP contribution < -0.4 is 0 Å². The smallest absolute Gasteiger partial charge is 0.304 e. The SMILES string of the molecule is CC(C)(C)CC(C)(C)C(CC(=O)O)P=O. The Kier molecular flexibility index (Phi) is 4.92. The summed E-state index contributed by atoms with van der Waals surface area (Å²) in [5.41, 5.74) is -0.417. The molecule has 0 heterocycles. The molecule has 3 nitrogen and oxygen atoms in total. The van der Waals surface area contributed by atoms with Crippen molar-refractivity contribution in [3.05, 3.63) is 0 Å². The number of aliphatic carboxylic acids is 1. The molecule has 1 unspecified atom stereocenters. The fourth-order valence-corrected chi connectivity index (χ4v) is 2.71. The van der Waals surface area contributed by atoms with Gasteiger partial charge in [-0.15, -0.1) is 0 Å². The summed E-state index contributed by atoms with van der Waals surface area (Å²) in [6.07, 6.45) is 0.821. The monoisotopic (exact) mass is 232 g/mol. The third kappa shape index (κ3) is 5.88. The minimum Gasteiger partial charge on any atom is -0.481 e. The summed E-state index contributed by atoms with van der Waals surface area (Å²) < 4.78 is 11.0. The maximum absolute atomic E-state index is 11.0. The molecule has 0 spiro atoms. The van der Waals surface area contributed by atoms with E-state index in [1.807, 2.05) is 13.8 Å². The van der Waals surface area contributed by atoms with E-state index in [-0.39, 0.29) is 31.4 Å². The Morgan fingerprint density at radius 2 is 1.73 bits per heavy atom. The molecule has 0 amide bonds. The van der Waals surface area contributed by atoms with E-state index in [1.54, 1.807) is 0 Å². The maximum atomic E-state index is 11.0. The molecule has 0 aromatic rings. The van der Waals surface area contributed by atoms with Crippen LogP contribution in [0.25, 0.3) is 0 Å². The lowest BCUT2D eigenvalue weighted by molar-refractivity contribution is -0.137. The summed E-state index contributed by atoms with van der Waals surface area (Å²) >= 11 is 0. The van der Waals surface area contributed by atoms with Gasteiger partial charge >= 0.3 is 5.97 Å². The highest BCUT2D eigenvalue weighted by molar-refractivity contribution is 7.24. The number of rotatable bonds is 5. The Balaban J connectivity index is 4.65. The van der Waals surface area contributed by atoms with Gasteiger partial charge in [0.25, 0.3) is 0 Å². The first-order valence-electron chi connectivity index (χ1n) is 5.13. The van der Waals surface area contributed by atoms with E-state index in [0.29, 0.717) is 0 Å².